The number of methoxy groups -OCH3 is 1. The number of aromatic hydroxyl groups is 1. The average Bonchev–Trinajstić information content (AvgIpc) is 2.17. The van der Waals surface area contributed by atoms with Crippen molar-refractivity contribution in [1.29, 1.82) is 0 Å². The topological polar surface area (TPSA) is 55.5 Å². The van der Waals surface area contributed by atoms with Crippen molar-refractivity contribution in [2.24, 2.45) is 5.73 Å². The Kier molecular flexibility index (Phi) is 6.05. The van der Waals surface area contributed by atoms with Gasteiger partial charge in [-0.3, -0.25) is 4.39 Å². The molecule has 0 aliphatic rings. The van der Waals surface area contributed by atoms with Gasteiger partial charge in [0.1, 0.15) is 11.5 Å². The first-order chi connectivity index (χ1) is 6.69. The van der Waals surface area contributed by atoms with Gasteiger partial charge in [0.05, 0.1) is 13.8 Å². The molecule has 1 aromatic rings. The molecule has 0 unspecified atom stereocenters. The number of hydrogen-bond acceptors (Lipinski definition) is 3. The molecular weight excluding hydrogens is 221 g/mol. The van der Waals surface area contributed by atoms with Crippen LogP contribution in [0.5, 0.6) is 11.5 Å². The molecule has 0 spiro atoms. The second-order valence-electron chi connectivity index (χ2n) is 3.01. The van der Waals surface area contributed by atoms with Crippen LogP contribution in [0, 0.1) is 0 Å². The highest BCUT2D eigenvalue weighted by Crippen LogP contribution is 2.29. The maximum absolute atomic E-state index is 12.1. The highest BCUT2D eigenvalue weighted by molar-refractivity contribution is 5.85. The van der Waals surface area contributed by atoms with Crippen LogP contribution in [0.3, 0.4) is 0 Å². The van der Waals surface area contributed by atoms with E-state index in [0.717, 1.165) is 0 Å². The highest BCUT2D eigenvalue weighted by Gasteiger charge is 2.11. The monoisotopic (exact) mass is 235 g/mol. The molecule has 86 valence electrons. The van der Waals surface area contributed by atoms with E-state index in [-0.39, 0.29) is 24.6 Å². The summed E-state index contributed by atoms with van der Waals surface area (Å²) in [6.45, 7) is -0.467. The number of alkyl halides is 1. The summed E-state index contributed by atoms with van der Waals surface area (Å²) in [7, 11) is 1.49. The summed E-state index contributed by atoms with van der Waals surface area (Å²) in [6, 6.07) is 4.23. The van der Waals surface area contributed by atoms with Gasteiger partial charge in [0.15, 0.2) is 0 Å². The van der Waals surface area contributed by atoms with Crippen molar-refractivity contribution < 1.29 is 14.2 Å². The molecule has 3 N–H and O–H groups in total. The molecule has 1 aromatic carbocycles. The van der Waals surface area contributed by atoms with Gasteiger partial charge in [-0.1, -0.05) is 6.07 Å². The van der Waals surface area contributed by atoms with Gasteiger partial charge in [0.25, 0.3) is 0 Å². The van der Waals surface area contributed by atoms with Crippen LogP contribution in [0.1, 0.15) is 18.0 Å². The van der Waals surface area contributed by atoms with Crippen LogP contribution in [0.15, 0.2) is 18.2 Å². The maximum Gasteiger partial charge on any atom is 0.127 e. The number of rotatable bonds is 4. The Morgan fingerprint density at radius 1 is 1.53 bits per heavy atom. The number of nitrogens with two attached hydrogens (primary N) is 1. The number of ether oxygens (including phenoxy) is 1. The average molecular weight is 236 g/mol. The molecule has 0 radical (unpaired) electrons. The third-order valence-corrected chi connectivity index (χ3v) is 2.04. The summed E-state index contributed by atoms with van der Waals surface area (Å²) in [5.74, 6) is 0.601. The lowest BCUT2D eigenvalue weighted by Gasteiger charge is -2.14. The Morgan fingerprint density at radius 2 is 2.20 bits per heavy atom. The van der Waals surface area contributed by atoms with Gasteiger partial charge in [-0.15, -0.1) is 12.4 Å². The molecule has 0 heterocycles. The summed E-state index contributed by atoms with van der Waals surface area (Å²) >= 11 is 0. The Hall–Kier alpha value is -1.00. The van der Waals surface area contributed by atoms with Gasteiger partial charge in [-0.05, 0) is 12.5 Å². The molecule has 0 fully saturated rings. The van der Waals surface area contributed by atoms with E-state index >= 15 is 0 Å². The Balaban J connectivity index is 0.00000196. The van der Waals surface area contributed by atoms with Crippen LogP contribution in [-0.4, -0.2) is 18.9 Å². The summed E-state index contributed by atoms with van der Waals surface area (Å²) in [5, 5.41) is 9.19. The van der Waals surface area contributed by atoms with Crippen molar-refractivity contribution in [3.63, 3.8) is 0 Å². The number of halogens is 2. The molecule has 0 saturated carbocycles. The predicted octanol–water partition coefficient (Wildman–Crippen LogP) is 2.18. The zero-order valence-corrected chi connectivity index (χ0v) is 9.26. The fourth-order valence-electron chi connectivity index (χ4n) is 1.28. The first-order valence-corrected chi connectivity index (χ1v) is 4.37. The maximum atomic E-state index is 12.1. The van der Waals surface area contributed by atoms with E-state index in [0.29, 0.717) is 11.3 Å². The Morgan fingerprint density at radius 3 is 2.73 bits per heavy atom. The highest BCUT2D eigenvalue weighted by atomic mass is 35.5. The lowest BCUT2D eigenvalue weighted by atomic mass is 10.0. The summed E-state index contributed by atoms with van der Waals surface area (Å²) in [4.78, 5) is 0. The van der Waals surface area contributed by atoms with Crippen molar-refractivity contribution in [2.45, 2.75) is 12.5 Å². The van der Waals surface area contributed by atoms with Gasteiger partial charge in [-0.2, -0.15) is 0 Å². The van der Waals surface area contributed by atoms with Crippen LogP contribution >= 0.6 is 12.4 Å². The number of phenolic OH excluding ortho intramolecular Hbond substituents is 1. The number of benzene rings is 1. The number of hydrogen-bond donors (Lipinski definition) is 2. The van der Waals surface area contributed by atoms with E-state index in [1.165, 1.54) is 19.2 Å². The second-order valence-corrected chi connectivity index (χ2v) is 3.01. The summed E-state index contributed by atoms with van der Waals surface area (Å²) < 4.78 is 17.1. The first kappa shape index (κ1) is 14.0. The van der Waals surface area contributed by atoms with Crippen LogP contribution in [0.4, 0.5) is 4.39 Å². The van der Waals surface area contributed by atoms with Crippen molar-refractivity contribution in [3.8, 4) is 11.5 Å². The van der Waals surface area contributed by atoms with E-state index in [2.05, 4.69) is 0 Å². The van der Waals surface area contributed by atoms with Crippen LogP contribution < -0.4 is 10.5 Å². The minimum Gasteiger partial charge on any atom is -0.508 e. The molecule has 15 heavy (non-hydrogen) atoms. The standard InChI is InChI=1S/C10H14FNO2.ClH/c1-14-10-6-7(13)2-3-8(10)9(12)4-5-11;/h2-3,6,9,13H,4-5,12H2,1H3;1H/t9-;/m0./s1. The molecular formula is C10H15ClFNO2. The fraction of sp³-hybridized carbons (Fsp3) is 0.400. The van der Waals surface area contributed by atoms with Crippen LogP contribution in [0.2, 0.25) is 0 Å². The quantitative estimate of drug-likeness (QED) is 0.841. The van der Waals surface area contributed by atoms with E-state index in [1.807, 2.05) is 0 Å². The summed E-state index contributed by atoms with van der Waals surface area (Å²) in [5.41, 5.74) is 6.44. The predicted molar refractivity (Wildman–Crippen MR) is 59.4 cm³/mol. The largest absolute Gasteiger partial charge is 0.508 e. The van der Waals surface area contributed by atoms with E-state index in [1.54, 1.807) is 6.07 Å². The third kappa shape index (κ3) is 3.57. The van der Waals surface area contributed by atoms with Gasteiger partial charge < -0.3 is 15.6 Å². The lowest BCUT2D eigenvalue weighted by Crippen LogP contribution is -2.12. The smallest absolute Gasteiger partial charge is 0.127 e. The normalized spacial score (nSPS) is 11.7. The van der Waals surface area contributed by atoms with Crippen molar-refractivity contribution in [3.05, 3.63) is 23.8 Å². The number of phenols is 1. The fourth-order valence-corrected chi connectivity index (χ4v) is 1.28. The molecule has 1 rings (SSSR count). The van der Waals surface area contributed by atoms with E-state index in [9.17, 15) is 9.50 Å². The molecule has 1 atom stereocenters. The SMILES string of the molecule is COc1cc(O)ccc1[C@@H](N)CCF.Cl. The summed E-state index contributed by atoms with van der Waals surface area (Å²) in [6.07, 6.45) is 0.251. The lowest BCUT2D eigenvalue weighted by molar-refractivity contribution is 0.390. The molecule has 5 heteroatoms. The second kappa shape index (κ2) is 6.48. The zero-order chi connectivity index (χ0) is 10.6. The van der Waals surface area contributed by atoms with Gasteiger partial charge in [-0.25, -0.2) is 0 Å². The van der Waals surface area contributed by atoms with Gasteiger partial charge >= 0.3 is 0 Å². The van der Waals surface area contributed by atoms with Crippen molar-refractivity contribution >= 4 is 12.4 Å². The molecule has 0 aliphatic carbocycles. The van der Waals surface area contributed by atoms with E-state index < -0.39 is 12.7 Å². The van der Waals surface area contributed by atoms with Crippen molar-refractivity contribution in [1.82, 2.24) is 0 Å². The molecule has 0 saturated heterocycles. The third-order valence-electron chi connectivity index (χ3n) is 2.04. The molecule has 3 nitrogen and oxygen atoms in total. The zero-order valence-electron chi connectivity index (χ0n) is 8.44. The van der Waals surface area contributed by atoms with Crippen LogP contribution in [0.25, 0.3) is 0 Å². The molecule has 0 aromatic heterocycles. The van der Waals surface area contributed by atoms with Gasteiger partial charge in [0.2, 0.25) is 0 Å². The Bertz CT molecular complexity index is 309. The molecule has 0 amide bonds. The molecule has 0 bridgehead atoms. The Labute approximate surface area is 94.5 Å². The minimum absolute atomic E-state index is 0. The minimum atomic E-state index is -0.467. The first-order valence-electron chi connectivity index (χ1n) is 4.37. The molecule has 0 aliphatic heterocycles. The van der Waals surface area contributed by atoms with Crippen molar-refractivity contribution in [2.75, 3.05) is 13.8 Å². The van der Waals surface area contributed by atoms with Crippen LogP contribution in [-0.2, 0) is 0 Å². The van der Waals surface area contributed by atoms with E-state index in [4.69, 9.17) is 10.5 Å². The van der Waals surface area contributed by atoms with Gasteiger partial charge in [0, 0.05) is 17.7 Å².